The van der Waals surface area contributed by atoms with Crippen molar-refractivity contribution < 1.29 is 9.90 Å². The Balaban J connectivity index is 2.45. The first-order valence-electron chi connectivity index (χ1n) is 5.50. The number of Topliss-reactive ketones (excluding diaryl/α,β-unsaturated/α-hetero) is 1. The molecule has 0 bridgehead atoms. The van der Waals surface area contributed by atoms with Gasteiger partial charge in [0, 0.05) is 12.8 Å². The Morgan fingerprint density at radius 2 is 1.75 bits per heavy atom. The maximum atomic E-state index is 12.0. The van der Waals surface area contributed by atoms with Crippen LogP contribution in [0.15, 0.2) is 36.1 Å². The fraction of sp³-hybridized carbons (Fsp3) is 0.357. The van der Waals surface area contributed by atoms with Gasteiger partial charge in [0.15, 0.2) is 5.78 Å². The molecule has 16 heavy (non-hydrogen) atoms. The number of aliphatic hydroxyl groups is 1. The normalized spacial score (nSPS) is 20.0. The Morgan fingerprint density at radius 3 is 2.31 bits per heavy atom. The first kappa shape index (κ1) is 10.9. The van der Waals surface area contributed by atoms with Gasteiger partial charge in [0.1, 0.15) is 5.76 Å². The number of carbonyl (C=O) groups is 1. The fourth-order valence-electron chi connectivity index (χ4n) is 2.22. The van der Waals surface area contributed by atoms with Crippen molar-refractivity contribution in [1.29, 1.82) is 0 Å². The number of hydrogen-bond donors (Lipinski definition) is 1. The van der Waals surface area contributed by atoms with E-state index in [1.807, 2.05) is 44.2 Å². The van der Waals surface area contributed by atoms with Crippen molar-refractivity contribution in [3.05, 3.63) is 41.7 Å². The van der Waals surface area contributed by atoms with Crippen molar-refractivity contribution in [2.45, 2.75) is 26.7 Å². The molecule has 1 N–H and O–H groups in total. The molecule has 1 aliphatic carbocycles. The maximum absolute atomic E-state index is 12.0. The summed E-state index contributed by atoms with van der Waals surface area (Å²) in [5.74, 6) is 0.271. The van der Waals surface area contributed by atoms with E-state index in [0.29, 0.717) is 18.4 Å². The number of carbonyl (C=O) groups excluding carboxylic acids is 1. The van der Waals surface area contributed by atoms with Crippen LogP contribution in [-0.2, 0) is 4.79 Å². The van der Waals surface area contributed by atoms with Gasteiger partial charge in [-0.05, 0) is 11.0 Å². The summed E-state index contributed by atoms with van der Waals surface area (Å²) in [6.07, 6.45) is 1.07. The van der Waals surface area contributed by atoms with Gasteiger partial charge in [-0.1, -0.05) is 44.2 Å². The van der Waals surface area contributed by atoms with E-state index in [-0.39, 0.29) is 17.0 Å². The van der Waals surface area contributed by atoms with Crippen molar-refractivity contribution in [2.75, 3.05) is 0 Å². The van der Waals surface area contributed by atoms with Crippen LogP contribution in [0.1, 0.15) is 32.3 Å². The molecule has 0 heterocycles. The molecule has 1 aromatic rings. The second-order valence-electron chi connectivity index (χ2n) is 5.13. The summed E-state index contributed by atoms with van der Waals surface area (Å²) in [5, 5.41) is 9.99. The van der Waals surface area contributed by atoms with Gasteiger partial charge in [-0.15, -0.1) is 0 Å². The average Bonchev–Trinajstić information content (AvgIpc) is 2.16. The molecule has 2 rings (SSSR count). The number of rotatable bonds is 1. The Bertz CT molecular complexity index is 441. The first-order chi connectivity index (χ1) is 7.49. The van der Waals surface area contributed by atoms with Crippen LogP contribution < -0.4 is 0 Å². The van der Waals surface area contributed by atoms with Crippen molar-refractivity contribution in [2.24, 2.45) is 5.41 Å². The SMILES string of the molecule is CC1(C)CC(=O)C(c2ccccc2)=C(O)C1. The predicted octanol–water partition coefficient (Wildman–Crippen LogP) is 3.34. The van der Waals surface area contributed by atoms with Crippen LogP contribution in [-0.4, -0.2) is 10.9 Å². The van der Waals surface area contributed by atoms with Gasteiger partial charge in [0.05, 0.1) is 5.57 Å². The van der Waals surface area contributed by atoms with Crippen molar-refractivity contribution in [3.63, 3.8) is 0 Å². The predicted molar refractivity (Wildman–Crippen MR) is 64.0 cm³/mol. The van der Waals surface area contributed by atoms with Crippen LogP contribution in [0.4, 0.5) is 0 Å². The van der Waals surface area contributed by atoms with E-state index in [1.165, 1.54) is 0 Å². The number of allylic oxidation sites excluding steroid dienone is 2. The zero-order chi connectivity index (χ0) is 11.8. The largest absolute Gasteiger partial charge is 0.512 e. The number of benzene rings is 1. The quantitative estimate of drug-likeness (QED) is 0.781. The first-order valence-corrected chi connectivity index (χ1v) is 5.50. The lowest BCUT2D eigenvalue weighted by atomic mass is 9.75. The second kappa shape index (κ2) is 3.78. The average molecular weight is 216 g/mol. The zero-order valence-electron chi connectivity index (χ0n) is 9.66. The van der Waals surface area contributed by atoms with Crippen LogP contribution in [0.5, 0.6) is 0 Å². The zero-order valence-corrected chi connectivity index (χ0v) is 9.66. The molecule has 0 aromatic heterocycles. The van der Waals surface area contributed by atoms with E-state index in [1.54, 1.807) is 0 Å². The van der Waals surface area contributed by atoms with Gasteiger partial charge < -0.3 is 5.11 Å². The van der Waals surface area contributed by atoms with E-state index in [2.05, 4.69) is 0 Å². The number of aliphatic hydroxyl groups excluding tert-OH is 1. The van der Waals surface area contributed by atoms with Gasteiger partial charge in [-0.25, -0.2) is 0 Å². The van der Waals surface area contributed by atoms with Crippen LogP contribution in [0.25, 0.3) is 5.57 Å². The Hall–Kier alpha value is -1.57. The van der Waals surface area contributed by atoms with Gasteiger partial charge in [0.2, 0.25) is 0 Å². The second-order valence-corrected chi connectivity index (χ2v) is 5.13. The van der Waals surface area contributed by atoms with Crippen LogP contribution in [0.2, 0.25) is 0 Å². The molecule has 2 heteroatoms. The molecule has 0 radical (unpaired) electrons. The van der Waals surface area contributed by atoms with Crippen molar-refractivity contribution in [1.82, 2.24) is 0 Å². The van der Waals surface area contributed by atoms with Crippen LogP contribution in [0, 0.1) is 5.41 Å². The summed E-state index contributed by atoms with van der Waals surface area (Å²) in [4.78, 5) is 12.0. The van der Waals surface area contributed by atoms with Gasteiger partial charge in [-0.3, -0.25) is 4.79 Å². The lowest BCUT2D eigenvalue weighted by Gasteiger charge is -2.29. The molecule has 0 atom stereocenters. The van der Waals surface area contributed by atoms with E-state index in [4.69, 9.17) is 0 Å². The minimum atomic E-state index is -0.126. The topological polar surface area (TPSA) is 37.3 Å². The lowest BCUT2D eigenvalue weighted by Crippen LogP contribution is -2.25. The third kappa shape index (κ3) is 2.01. The maximum Gasteiger partial charge on any atom is 0.167 e. The fourth-order valence-corrected chi connectivity index (χ4v) is 2.22. The van der Waals surface area contributed by atoms with E-state index < -0.39 is 0 Å². The highest BCUT2D eigenvalue weighted by molar-refractivity contribution is 6.22. The lowest BCUT2D eigenvalue weighted by molar-refractivity contribution is -0.116. The molecule has 1 aliphatic rings. The molecule has 0 saturated heterocycles. The molecule has 0 aliphatic heterocycles. The Kier molecular flexibility index (Phi) is 2.58. The Morgan fingerprint density at radius 1 is 1.12 bits per heavy atom. The summed E-state index contributed by atoms with van der Waals surface area (Å²) in [6, 6.07) is 9.38. The van der Waals surface area contributed by atoms with Gasteiger partial charge >= 0.3 is 0 Å². The monoisotopic (exact) mass is 216 g/mol. The molecule has 0 spiro atoms. The number of ketones is 1. The van der Waals surface area contributed by atoms with E-state index >= 15 is 0 Å². The smallest absolute Gasteiger partial charge is 0.167 e. The molecule has 0 amide bonds. The van der Waals surface area contributed by atoms with E-state index in [0.717, 1.165) is 5.56 Å². The van der Waals surface area contributed by atoms with E-state index in [9.17, 15) is 9.90 Å². The highest BCUT2D eigenvalue weighted by Crippen LogP contribution is 2.38. The molecule has 0 fully saturated rings. The molecule has 0 saturated carbocycles. The Labute approximate surface area is 95.6 Å². The van der Waals surface area contributed by atoms with Gasteiger partial charge in [-0.2, -0.15) is 0 Å². The van der Waals surface area contributed by atoms with Crippen LogP contribution in [0.3, 0.4) is 0 Å². The summed E-state index contributed by atoms with van der Waals surface area (Å²) in [7, 11) is 0. The standard InChI is InChI=1S/C14H16O2/c1-14(2)8-11(15)13(12(16)9-14)10-6-4-3-5-7-10/h3-7,15H,8-9H2,1-2H3. The molecule has 0 unspecified atom stereocenters. The molecular weight excluding hydrogens is 200 g/mol. The third-order valence-electron chi connectivity index (χ3n) is 2.91. The minimum absolute atomic E-state index is 0.0416. The highest BCUT2D eigenvalue weighted by atomic mass is 16.3. The number of hydrogen-bond acceptors (Lipinski definition) is 2. The van der Waals surface area contributed by atoms with Gasteiger partial charge in [0.25, 0.3) is 0 Å². The minimum Gasteiger partial charge on any atom is -0.512 e. The van der Waals surface area contributed by atoms with Crippen molar-refractivity contribution in [3.8, 4) is 0 Å². The molecular formula is C14H16O2. The molecule has 2 nitrogen and oxygen atoms in total. The summed E-state index contributed by atoms with van der Waals surface area (Å²) in [6.45, 7) is 4.01. The molecule has 84 valence electrons. The summed E-state index contributed by atoms with van der Waals surface area (Å²) < 4.78 is 0. The summed E-state index contributed by atoms with van der Waals surface area (Å²) in [5.41, 5.74) is 1.19. The summed E-state index contributed by atoms with van der Waals surface area (Å²) >= 11 is 0. The third-order valence-corrected chi connectivity index (χ3v) is 2.91. The van der Waals surface area contributed by atoms with Crippen molar-refractivity contribution >= 4 is 11.4 Å². The van der Waals surface area contributed by atoms with Crippen LogP contribution >= 0.6 is 0 Å². The molecule has 1 aromatic carbocycles. The highest BCUT2D eigenvalue weighted by Gasteiger charge is 2.33.